The summed E-state index contributed by atoms with van der Waals surface area (Å²) in [5.74, 6) is 0.903. The molecule has 0 aliphatic rings. The van der Waals surface area contributed by atoms with Crippen molar-refractivity contribution in [1.29, 1.82) is 0 Å². The van der Waals surface area contributed by atoms with Crippen LogP contribution in [-0.4, -0.2) is 10.9 Å². The number of hydrogen-bond donors (Lipinski definition) is 2. The molecule has 0 saturated carbocycles. The van der Waals surface area contributed by atoms with Crippen LogP contribution in [-0.2, 0) is 17.1 Å². The van der Waals surface area contributed by atoms with Gasteiger partial charge in [-0.15, -0.1) is 0 Å². The smallest absolute Gasteiger partial charge is 0.219 e. The van der Waals surface area contributed by atoms with Gasteiger partial charge in [-0.3, -0.25) is 9.78 Å². The van der Waals surface area contributed by atoms with Crippen molar-refractivity contribution in [3.8, 4) is 0 Å². The van der Waals surface area contributed by atoms with E-state index in [1.807, 2.05) is 37.3 Å². The molecule has 0 spiro atoms. The molecule has 4 heteroatoms. The number of carbonyl (C=O) groups excluding carboxylic acids is 1. The van der Waals surface area contributed by atoms with Crippen LogP contribution in [0.4, 0.5) is 0 Å². The van der Waals surface area contributed by atoms with E-state index in [0.29, 0.717) is 13.0 Å². The number of rotatable bonds is 4. The Kier molecular flexibility index (Phi) is 8.15. The zero-order valence-corrected chi connectivity index (χ0v) is 12.5. The summed E-state index contributed by atoms with van der Waals surface area (Å²) in [5.41, 5.74) is 2.30. The fourth-order valence-electron chi connectivity index (χ4n) is 1.41. The molecule has 106 valence electrons. The lowest BCUT2D eigenvalue weighted by Gasteiger charge is -2.01. The Morgan fingerprint density at radius 3 is 2.35 bits per heavy atom. The topological polar surface area (TPSA) is 42.0 Å². The lowest BCUT2D eigenvalue weighted by atomic mass is 10.2. The van der Waals surface area contributed by atoms with Crippen molar-refractivity contribution in [1.82, 2.24) is 10.3 Å². The largest absolute Gasteiger partial charge is 0.352 e. The molecular weight excluding hydrogens is 268 g/mol. The molecule has 0 fully saturated rings. The van der Waals surface area contributed by atoms with E-state index in [0.717, 1.165) is 11.3 Å². The highest BCUT2D eigenvalue weighted by atomic mass is 32.1. The second kappa shape index (κ2) is 10.0. The molecule has 1 heterocycles. The Morgan fingerprint density at radius 2 is 1.85 bits per heavy atom. The number of hydrogen-bond acceptors (Lipinski definition) is 3. The number of aromatic nitrogens is 1. The monoisotopic (exact) mass is 288 g/mol. The fraction of sp³-hybridized carbons (Fsp3) is 0.250. The van der Waals surface area contributed by atoms with Gasteiger partial charge >= 0.3 is 0 Å². The van der Waals surface area contributed by atoms with Gasteiger partial charge in [0.25, 0.3) is 0 Å². The van der Waals surface area contributed by atoms with Crippen molar-refractivity contribution in [2.45, 2.75) is 25.6 Å². The van der Waals surface area contributed by atoms with Crippen LogP contribution < -0.4 is 5.32 Å². The minimum atomic E-state index is 0.0684. The Balaban J connectivity index is 0.000000217. The van der Waals surface area contributed by atoms with E-state index < -0.39 is 0 Å². The van der Waals surface area contributed by atoms with E-state index in [-0.39, 0.29) is 5.91 Å². The van der Waals surface area contributed by atoms with Gasteiger partial charge in [-0.2, -0.15) is 12.6 Å². The first-order valence-electron chi connectivity index (χ1n) is 6.56. The fourth-order valence-corrected chi connectivity index (χ4v) is 1.62. The molecule has 0 aliphatic heterocycles. The molecule has 2 aromatic rings. The molecule has 0 aliphatic carbocycles. The van der Waals surface area contributed by atoms with Crippen molar-refractivity contribution >= 4 is 18.5 Å². The first-order chi connectivity index (χ1) is 9.76. The van der Waals surface area contributed by atoms with Gasteiger partial charge in [0.2, 0.25) is 5.91 Å². The lowest BCUT2D eigenvalue weighted by molar-refractivity contribution is -0.120. The number of benzene rings is 1. The average molecular weight is 288 g/mol. The third-order valence-corrected chi connectivity index (χ3v) is 2.92. The highest BCUT2D eigenvalue weighted by Crippen LogP contribution is 2.00. The second-order valence-electron chi connectivity index (χ2n) is 4.14. The number of nitrogens with one attached hydrogen (secondary N) is 1. The summed E-state index contributed by atoms with van der Waals surface area (Å²) in [5, 5.41) is 2.77. The number of carbonyl (C=O) groups is 1. The van der Waals surface area contributed by atoms with Crippen molar-refractivity contribution in [3.63, 3.8) is 0 Å². The van der Waals surface area contributed by atoms with Crippen LogP contribution in [0.2, 0.25) is 0 Å². The quantitative estimate of drug-likeness (QED) is 0.848. The molecule has 1 aromatic carbocycles. The van der Waals surface area contributed by atoms with Crippen LogP contribution in [0, 0.1) is 0 Å². The summed E-state index contributed by atoms with van der Waals surface area (Å²) in [4.78, 5) is 14.8. The maximum atomic E-state index is 10.9. The van der Waals surface area contributed by atoms with Crippen molar-refractivity contribution in [2.75, 3.05) is 0 Å². The predicted molar refractivity (Wildman–Crippen MR) is 85.5 cm³/mol. The summed E-state index contributed by atoms with van der Waals surface area (Å²) in [7, 11) is 0. The van der Waals surface area contributed by atoms with Crippen molar-refractivity contribution in [2.24, 2.45) is 0 Å². The van der Waals surface area contributed by atoms with E-state index >= 15 is 0 Å². The molecule has 0 bridgehead atoms. The number of thiol groups is 1. The van der Waals surface area contributed by atoms with Gasteiger partial charge in [-0.25, -0.2) is 0 Å². The molecule has 1 amide bonds. The summed E-state index contributed by atoms with van der Waals surface area (Å²) < 4.78 is 0. The summed E-state index contributed by atoms with van der Waals surface area (Å²) in [6, 6.07) is 14.0. The van der Waals surface area contributed by atoms with Crippen LogP contribution in [0.25, 0.3) is 0 Å². The third-order valence-electron chi connectivity index (χ3n) is 2.56. The van der Waals surface area contributed by atoms with Crippen LogP contribution >= 0.6 is 12.6 Å². The minimum absolute atomic E-state index is 0.0684. The maximum absolute atomic E-state index is 10.9. The molecule has 0 atom stereocenters. The molecule has 2 rings (SSSR count). The molecule has 20 heavy (non-hydrogen) atoms. The number of nitrogens with zero attached hydrogens (tertiary/aromatic N) is 1. The average Bonchev–Trinajstić information content (AvgIpc) is 2.55. The first kappa shape index (κ1) is 16.2. The lowest BCUT2D eigenvalue weighted by Crippen LogP contribution is -2.21. The molecule has 3 nitrogen and oxygen atoms in total. The van der Waals surface area contributed by atoms with Gasteiger partial charge < -0.3 is 5.32 Å². The zero-order valence-electron chi connectivity index (χ0n) is 11.6. The van der Waals surface area contributed by atoms with Crippen LogP contribution in [0.3, 0.4) is 0 Å². The van der Waals surface area contributed by atoms with E-state index in [2.05, 4.69) is 35.1 Å². The summed E-state index contributed by atoms with van der Waals surface area (Å²) >= 11 is 4.11. The molecule has 1 N–H and O–H groups in total. The van der Waals surface area contributed by atoms with Crippen LogP contribution in [0.1, 0.15) is 24.5 Å². The molecular formula is C16H20N2OS. The molecule has 0 unspecified atom stereocenters. The van der Waals surface area contributed by atoms with Crippen molar-refractivity contribution < 1.29 is 4.79 Å². The number of pyridine rings is 1. The standard InChI is InChI=1S/C9H12N2O.C7H8S/c1-2-9(12)11-7-8-4-3-5-10-6-8;8-6-7-4-2-1-3-5-7/h3-6H,2,7H2,1H3,(H,11,12);1-5,8H,6H2. The molecule has 1 aromatic heterocycles. The molecule has 0 saturated heterocycles. The predicted octanol–water partition coefficient (Wildman–Crippen LogP) is 3.22. The van der Waals surface area contributed by atoms with E-state index in [9.17, 15) is 4.79 Å². The molecule has 0 radical (unpaired) electrons. The first-order valence-corrected chi connectivity index (χ1v) is 7.20. The summed E-state index contributed by atoms with van der Waals surface area (Å²) in [6.45, 7) is 2.40. The highest BCUT2D eigenvalue weighted by Gasteiger charge is 1.95. The van der Waals surface area contributed by atoms with Crippen LogP contribution in [0.15, 0.2) is 54.9 Å². The van der Waals surface area contributed by atoms with Gasteiger partial charge in [0.1, 0.15) is 0 Å². The Hall–Kier alpha value is -1.81. The summed E-state index contributed by atoms with van der Waals surface area (Å²) in [6.07, 6.45) is 3.99. The zero-order chi connectivity index (χ0) is 14.6. The SMILES string of the molecule is CCC(=O)NCc1cccnc1.SCc1ccccc1. The van der Waals surface area contributed by atoms with E-state index in [1.165, 1.54) is 5.56 Å². The van der Waals surface area contributed by atoms with Gasteiger partial charge in [-0.05, 0) is 17.2 Å². The van der Waals surface area contributed by atoms with Crippen LogP contribution in [0.5, 0.6) is 0 Å². The highest BCUT2D eigenvalue weighted by molar-refractivity contribution is 7.79. The van der Waals surface area contributed by atoms with Gasteiger partial charge in [-0.1, -0.05) is 43.3 Å². The third kappa shape index (κ3) is 6.95. The van der Waals surface area contributed by atoms with E-state index in [4.69, 9.17) is 0 Å². The second-order valence-corrected chi connectivity index (χ2v) is 4.45. The maximum Gasteiger partial charge on any atom is 0.219 e. The van der Waals surface area contributed by atoms with E-state index in [1.54, 1.807) is 12.4 Å². The minimum Gasteiger partial charge on any atom is -0.352 e. The van der Waals surface area contributed by atoms with Gasteiger partial charge in [0, 0.05) is 31.1 Å². The number of amides is 1. The van der Waals surface area contributed by atoms with Crippen molar-refractivity contribution in [3.05, 3.63) is 66.0 Å². The Bertz CT molecular complexity index is 488. The van der Waals surface area contributed by atoms with Gasteiger partial charge in [0.05, 0.1) is 0 Å². The Morgan fingerprint density at radius 1 is 1.15 bits per heavy atom. The normalized spacial score (nSPS) is 9.30. The van der Waals surface area contributed by atoms with Gasteiger partial charge in [0.15, 0.2) is 0 Å². The Labute approximate surface area is 125 Å².